The molecule has 3 aliphatic heterocycles. The summed E-state index contributed by atoms with van der Waals surface area (Å²) in [7, 11) is 3.57. The van der Waals surface area contributed by atoms with Gasteiger partial charge in [0.25, 0.3) is 11.8 Å². The second kappa shape index (κ2) is 9.76. The molecule has 12 heteroatoms. The normalized spacial score (nSPS) is 21.9. The fourth-order valence-electron chi connectivity index (χ4n) is 4.59. The number of urea groups is 1. The van der Waals surface area contributed by atoms with Crippen molar-refractivity contribution < 1.29 is 24.3 Å². The molecule has 2 saturated heterocycles. The number of amides is 4. The van der Waals surface area contributed by atoms with Crippen LogP contribution in [0.3, 0.4) is 0 Å². The van der Waals surface area contributed by atoms with E-state index >= 15 is 0 Å². The van der Waals surface area contributed by atoms with Gasteiger partial charge in [0.05, 0.1) is 23.4 Å². The lowest BCUT2D eigenvalue weighted by molar-refractivity contribution is -0.122. The van der Waals surface area contributed by atoms with Crippen LogP contribution >= 0.6 is 11.3 Å². The van der Waals surface area contributed by atoms with Gasteiger partial charge in [0.15, 0.2) is 5.84 Å². The Morgan fingerprint density at radius 3 is 2.65 bits per heavy atom. The maximum atomic E-state index is 13.1. The maximum absolute atomic E-state index is 13.1. The quantitative estimate of drug-likeness (QED) is 0.135. The molecule has 4 heterocycles. The van der Waals surface area contributed by atoms with E-state index in [0.717, 1.165) is 36.6 Å². The number of amidine groups is 1. The molecule has 0 unspecified atom stereocenters. The molecule has 4 amide bonds. The Bertz CT molecular complexity index is 1350. The highest BCUT2D eigenvalue weighted by Crippen LogP contribution is 2.28. The lowest BCUT2D eigenvalue weighted by Crippen LogP contribution is -2.54. The lowest BCUT2D eigenvalue weighted by atomic mass is 9.99. The van der Waals surface area contributed by atoms with E-state index in [-0.39, 0.29) is 19.0 Å². The van der Waals surface area contributed by atoms with Crippen LogP contribution in [0.4, 0.5) is 4.79 Å². The zero-order valence-electron chi connectivity index (χ0n) is 20.4. The number of thiophene rings is 1. The third-order valence-electron chi connectivity index (χ3n) is 6.69. The van der Waals surface area contributed by atoms with E-state index in [1.165, 1.54) is 23.3 Å². The largest absolute Gasteiger partial charge is 0.497 e. The van der Waals surface area contributed by atoms with Crippen LogP contribution in [0.5, 0.6) is 5.75 Å². The summed E-state index contributed by atoms with van der Waals surface area (Å²) in [6.45, 7) is 3.37. The molecule has 11 nitrogen and oxygen atoms in total. The number of oxime groups is 1. The summed E-state index contributed by atoms with van der Waals surface area (Å²) in [5.41, 5.74) is -0.301. The second-order valence-corrected chi connectivity index (χ2v) is 10.2. The third kappa shape index (κ3) is 4.71. The first-order valence-electron chi connectivity index (χ1n) is 11.7. The molecule has 0 saturated carbocycles. The number of carbonyl (C=O) groups is 3. The van der Waals surface area contributed by atoms with Gasteiger partial charge < -0.3 is 30.0 Å². The Kier molecular flexibility index (Phi) is 6.49. The first kappa shape index (κ1) is 24.6. The summed E-state index contributed by atoms with van der Waals surface area (Å²) in [5.74, 6) is 6.07. The number of ether oxygens (including phenoxy) is 1. The summed E-state index contributed by atoms with van der Waals surface area (Å²) in [6, 6.07) is 8.18. The highest BCUT2D eigenvalue weighted by molar-refractivity contribution is 7.14. The fourth-order valence-corrected chi connectivity index (χ4v) is 5.46. The van der Waals surface area contributed by atoms with E-state index in [0.29, 0.717) is 22.0 Å². The van der Waals surface area contributed by atoms with Gasteiger partial charge in [-0.2, -0.15) is 0 Å². The van der Waals surface area contributed by atoms with Crippen molar-refractivity contribution >= 4 is 35.0 Å². The fraction of sp³-hybridized carbons (Fsp3) is 0.360. The van der Waals surface area contributed by atoms with Gasteiger partial charge in [-0.05, 0) is 36.9 Å². The number of imide groups is 1. The number of fused-ring (bicyclic) bond motifs is 1. The van der Waals surface area contributed by atoms with Gasteiger partial charge in [0.1, 0.15) is 5.75 Å². The van der Waals surface area contributed by atoms with Crippen LogP contribution in [-0.2, 0) is 11.3 Å². The molecule has 1 aromatic carbocycles. The average molecular weight is 523 g/mol. The van der Waals surface area contributed by atoms with Gasteiger partial charge in [-0.25, -0.2) is 4.79 Å². The van der Waals surface area contributed by atoms with Gasteiger partial charge in [-0.1, -0.05) is 23.1 Å². The van der Waals surface area contributed by atoms with Gasteiger partial charge in [0.2, 0.25) is 5.54 Å². The number of hydrogen-bond acceptors (Lipinski definition) is 8. The number of likely N-dealkylation sites (N-methyl/N-ethyl adjacent to an activating group) is 1. The minimum Gasteiger partial charge on any atom is -0.497 e. The zero-order valence-corrected chi connectivity index (χ0v) is 21.2. The lowest BCUT2D eigenvalue weighted by Gasteiger charge is -2.33. The van der Waals surface area contributed by atoms with Crippen LogP contribution in [-0.4, -0.2) is 96.0 Å². The molecule has 1 atom stereocenters. The highest BCUT2D eigenvalue weighted by Gasteiger charge is 2.48. The number of hydrogen-bond donors (Lipinski definition) is 3. The maximum Gasteiger partial charge on any atom is 0.323 e. The van der Waals surface area contributed by atoms with Crippen molar-refractivity contribution in [2.24, 2.45) is 5.16 Å². The highest BCUT2D eigenvalue weighted by atomic mass is 32.1. The van der Waals surface area contributed by atoms with Gasteiger partial charge in [0, 0.05) is 38.3 Å². The van der Waals surface area contributed by atoms with Crippen molar-refractivity contribution in [1.29, 1.82) is 0 Å². The average Bonchev–Trinajstić information content (AvgIpc) is 3.56. The van der Waals surface area contributed by atoms with Crippen molar-refractivity contribution in [2.45, 2.75) is 12.1 Å². The number of piperazine rings is 1. The molecule has 3 aliphatic rings. The van der Waals surface area contributed by atoms with Gasteiger partial charge in [-0.3, -0.25) is 14.9 Å². The number of methoxy groups -OCH3 is 1. The molecule has 5 rings (SSSR count). The first-order valence-corrected chi connectivity index (χ1v) is 12.5. The van der Waals surface area contributed by atoms with E-state index in [1.807, 2.05) is 24.1 Å². The van der Waals surface area contributed by atoms with E-state index < -0.39 is 17.5 Å². The monoisotopic (exact) mass is 522 g/mol. The van der Waals surface area contributed by atoms with E-state index in [4.69, 9.17) is 4.74 Å². The smallest absolute Gasteiger partial charge is 0.323 e. The van der Waals surface area contributed by atoms with Crippen LogP contribution in [0, 0.1) is 11.8 Å². The van der Waals surface area contributed by atoms with Crippen LogP contribution in [0.15, 0.2) is 35.5 Å². The number of nitrogens with zero attached hydrogens (tertiary/aromatic N) is 4. The molecular formula is C25H26N6O5S. The van der Waals surface area contributed by atoms with Gasteiger partial charge in [-0.15, -0.1) is 11.3 Å². The van der Waals surface area contributed by atoms with Crippen LogP contribution in [0.25, 0.3) is 0 Å². The molecule has 0 radical (unpaired) electrons. The Hall–Kier alpha value is -4.08. The van der Waals surface area contributed by atoms with E-state index in [1.54, 1.807) is 18.2 Å². The Balaban J connectivity index is 1.38. The number of rotatable bonds is 4. The zero-order chi connectivity index (χ0) is 26.2. The van der Waals surface area contributed by atoms with Crippen molar-refractivity contribution in [3.63, 3.8) is 0 Å². The van der Waals surface area contributed by atoms with E-state index in [2.05, 4.69) is 32.5 Å². The van der Waals surface area contributed by atoms with Crippen molar-refractivity contribution in [3.05, 3.63) is 51.2 Å². The predicted molar refractivity (Wildman–Crippen MR) is 136 cm³/mol. The Morgan fingerprint density at radius 2 is 1.97 bits per heavy atom. The molecule has 0 bridgehead atoms. The molecule has 3 N–H and O–H groups in total. The van der Waals surface area contributed by atoms with Crippen molar-refractivity contribution in [1.82, 2.24) is 25.3 Å². The number of carbonyl (C=O) groups excluding carboxylic acids is 3. The first-order chi connectivity index (χ1) is 17.8. The van der Waals surface area contributed by atoms with E-state index in [9.17, 15) is 19.6 Å². The summed E-state index contributed by atoms with van der Waals surface area (Å²) >= 11 is 1.32. The van der Waals surface area contributed by atoms with Crippen molar-refractivity contribution in [2.75, 3.05) is 46.9 Å². The summed E-state index contributed by atoms with van der Waals surface area (Å²) < 4.78 is 5.22. The van der Waals surface area contributed by atoms with Crippen LogP contribution in [0.2, 0.25) is 0 Å². The van der Waals surface area contributed by atoms with Gasteiger partial charge >= 0.3 is 6.03 Å². The summed E-state index contributed by atoms with van der Waals surface area (Å²) in [4.78, 5) is 45.1. The van der Waals surface area contributed by atoms with Crippen LogP contribution in [0.1, 0.15) is 25.7 Å². The molecular weight excluding hydrogens is 496 g/mol. The molecule has 0 aliphatic carbocycles. The predicted octanol–water partition coefficient (Wildman–Crippen LogP) is 0.726. The molecule has 2 fully saturated rings. The molecule has 2 aromatic rings. The Labute approximate surface area is 217 Å². The summed E-state index contributed by atoms with van der Waals surface area (Å²) in [6.07, 6.45) is 0. The molecule has 1 aromatic heterocycles. The minimum absolute atomic E-state index is 0.115. The SMILES string of the molecule is COc1ccc2c(c1)C(=O)N(C[C@@]1(C#Cc3ccc(/C(=N\O)N4CCN(C)CC4)s3)NC(=O)NC1=O)C2. The second-order valence-electron chi connectivity index (χ2n) is 9.13. The molecule has 0 spiro atoms. The third-order valence-corrected chi connectivity index (χ3v) is 7.69. The number of nitrogens with one attached hydrogen (secondary N) is 2. The molecule has 37 heavy (non-hydrogen) atoms. The number of benzene rings is 1. The minimum atomic E-state index is -1.60. The topological polar surface area (TPSA) is 127 Å². The van der Waals surface area contributed by atoms with Crippen LogP contribution < -0.4 is 15.4 Å². The van der Waals surface area contributed by atoms with Crippen molar-refractivity contribution in [3.8, 4) is 17.6 Å². The standard InChI is InChI=1S/C25H26N6O5S/c1-29-9-11-30(12-10-29)21(28-35)20-6-5-18(37-20)7-8-25(23(33)26-24(34)27-25)15-31-14-16-3-4-17(36-2)13-19(16)22(31)32/h3-6,13,35H,9-12,14-15H2,1-2H3,(H2,26,27,33,34)/b28-21+/t25-/m1/s1. The molecule has 192 valence electrons. The summed E-state index contributed by atoms with van der Waals surface area (Å²) in [5, 5.41) is 18.0. The Morgan fingerprint density at radius 1 is 1.19 bits per heavy atom.